The SMILES string of the molecule is COc1cc2c(cc1OCc1cscn1)Cc1cc(OC)c(OCc3cscn3)cc1Cc1cc(OC)c(OCc3cscn3)cc1C2. The van der Waals surface area contributed by atoms with Gasteiger partial charge >= 0.3 is 0 Å². The Labute approximate surface area is 290 Å². The van der Waals surface area contributed by atoms with E-state index < -0.39 is 0 Å². The molecule has 3 heterocycles. The Balaban J connectivity index is 1.32. The maximum atomic E-state index is 6.28. The average Bonchev–Trinajstić information content (AvgIpc) is 3.92. The Morgan fingerprint density at radius 1 is 0.438 bits per heavy atom. The minimum Gasteiger partial charge on any atom is -0.493 e. The predicted octanol–water partition coefficient (Wildman–Crippen LogP) is 7.90. The van der Waals surface area contributed by atoms with Crippen LogP contribution in [0.1, 0.15) is 50.5 Å². The van der Waals surface area contributed by atoms with E-state index in [1.807, 2.05) is 16.1 Å². The van der Waals surface area contributed by atoms with Crippen molar-refractivity contribution in [3.63, 3.8) is 0 Å². The number of hydrogen-bond donors (Lipinski definition) is 0. The summed E-state index contributed by atoms with van der Waals surface area (Å²) >= 11 is 4.63. The molecule has 0 N–H and O–H groups in total. The van der Waals surface area contributed by atoms with E-state index >= 15 is 0 Å². The lowest BCUT2D eigenvalue weighted by molar-refractivity contribution is 0.280. The van der Waals surface area contributed by atoms with Gasteiger partial charge in [-0.2, -0.15) is 0 Å². The topological polar surface area (TPSA) is 94.1 Å². The molecule has 246 valence electrons. The number of nitrogens with zero attached hydrogens (tertiary/aromatic N) is 3. The molecule has 0 aliphatic heterocycles. The number of ether oxygens (including phenoxy) is 6. The van der Waals surface area contributed by atoms with Crippen LogP contribution >= 0.6 is 34.0 Å². The number of rotatable bonds is 12. The van der Waals surface area contributed by atoms with Crippen LogP contribution in [0.25, 0.3) is 0 Å². The van der Waals surface area contributed by atoms with Crippen LogP contribution in [0.4, 0.5) is 0 Å². The van der Waals surface area contributed by atoms with E-state index in [1.165, 1.54) is 0 Å². The first-order chi connectivity index (χ1) is 23.6. The number of fused-ring (bicyclic) bond motifs is 3. The van der Waals surface area contributed by atoms with Crippen LogP contribution < -0.4 is 28.4 Å². The van der Waals surface area contributed by atoms with Crippen LogP contribution in [-0.2, 0) is 39.1 Å². The van der Waals surface area contributed by atoms with E-state index in [0.29, 0.717) is 73.6 Å². The molecule has 0 bridgehead atoms. The molecule has 1 aliphatic carbocycles. The summed E-state index contributed by atoms with van der Waals surface area (Å²) < 4.78 is 36.4. The first-order valence-corrected chi connectivity index (χ1v) is 18.0. The van der Waals surface area contributed by atoms with Crippen molar-refractivity contribution in [3.05, 3.63) is 120 Å². The van der Waals surface area contributed by atoms with E-state index in [4.69, 9.17) is 28.4 Å². The number of thiazole rings is 3. The summed E-state index contributed by atoms with van der Waals surface area (Å²) in [7, 11) is 5.01. The van der Waals surface area contributed by atoms with Gasteiger partial charge in [0.15, 0.2) is 34.5 Å². The van der Waals surface area contributed by atoms with Crippen LogP contribution in [0.15, 0.2) is 69.1 Å². The molecule has 0 radical (unpaired) electrons. The lowest BCUT2D eigenvalue weighted by Crippen LogP contribution is -2.04. The fraction of sp³-hybridized carbons (Fsp3) is 0.250. The number of aromatic nitrogens is 3. The second kappa shape index (κ2) is 14.6. The van der Waals surface area contributed by atoms with Crippen LogP contribution in [0.2, 0.25) is 0 Å². The van der Waals surface area contributed by atoms with Gasteiger partial charge in [-0.3, -0.25) is 0 Å². The van der Waals surface area contributed by atoms with Crippen molar-refractivity contribution in [2.75, 3.05) is 21.3 Å². The van der Waals surface area contributed by atoms with E-state index in [9.17, 15) is 0 Å². The van der Waals surface area contributed by atoms with Crippen LogP contribution in [0.5, 0.6) is 34.5 Å². The highest BCUT2D eigenvalue weighted by Gasteiger charge is 2.23. The highest BCUT2D eigenvalue weighted by Crippen LogP contribution is 2.41. The molecule has 0 saturated heterocycles. The van der Waals surface area contributed by atoms with Crippen molar-refractivity contribution in [1.29, 1.82) is 0 Å². The van der Waals surface area contributed by atoms with Gasteiger partial charge in [-0.1, -0.05) is 0 Å². The maximum Gasteiger partial charge on any atom is 0.162 e. The number of methoxy groups -OCH3 is 3. The van der Waals surface area contributed by atoms with Gasteiger partial charge in [0.2, 0.25) is 0 Å². The molecule has 0 amide bonds. The molecule has 3 aromatic carbocycles. The van der Waals surface area contributed by atoms with Gasteiger partial charge in [0.25, 0.3) is 0 Å². The zero-order valence-corrected chi connectivity index (χ0v) is 29.1. The molecule has 0 fully saturated rings. The van der Waals surface area contributed by atoms with E-state index in [0.717, 1.165) is 50.5 Å². The van der Waals surface area contributed by atoms with Gasteiger partial charge in [0, 0.05) is 16.1 Å². The lowest BCUT2D eigenvalue weighted by atomic mass is 9.94. The standard InChI is InChI=1S/C36H33N3O6S3/c1-40-31-7-22-4-26-11-35(44-14-29-17-47-20-38-29)33(42-3)9-24(26)6-27-12-36(45-15-30-18-48-21-39-30)32(41-2)8-23(27)5-25(22)10-34(31)43-13-28-16-46-19-37-28/h7-12,16-21H,4-6,13-15H2,1-3H3. The highest BCUT2D eigenvalue weighted by atomic mass is 32.1. The predicted molar refractivity (Wildman–Crippen MR) is 187 cm³/mol. The first-order valence-electron chi connectivity index (χ1n) is 15.2. The monoisotopic (exact) mass is 699 g/mol. The summed E-state index contributed by atoms with van der Waals surface area (Å²) in [6.07, 6.45) is 1.97. The number of benzene rings is 3. The van der Waals surface area contributed by atoms with Crippen LogP contribution in [0, 0.1) is 0 Å². The minimum absolute atomic E-state index is 0.352. The van der Waals surface area contributed by atoms with Crippen molar-refractivity contribution in [2.24, 2.45) is 0 Å². The van der Waals surface area contributed by atoms with Crippen LogP contribution in [0.3, 0.4) is 0 Å². The molecular formula is C36H33N3O6S3. The molecule has 6 aromatic rings. The summed E-state index contributed by atoms with van der Waals surface area (Å²) in [4.78, 5) is 13.1. The van der Waals surface area contributed by atoms with Crippen molar-refractivity contribution in [1.82, 2.24) is 15.0 Å². The van der Waals surface area contributed by atoms with Gasteiger partial charge in [-0.25, -0.2) is 15.0 Å². The quantitative estimate of drug-likeness (QED) is 0.126. The summed E-state index contributed by atoms with van der Waals surface area (Å²) in [5.74, 6) is 4.01. The zero-order chi connectivity index (χ0) is 32.9. The Morgan fingerprint density at radius 2 is 0.708 bits per heavy atom. The first kappa shape index (κ1) is 31.9. The minimum atomic E-state index is 0.352. The lowest BCUT2D eigenvalue weighted by Gasteiger charge is -2.18. The Bertz CT molecular complexity index is 1750. The normalized spacial score (nSPS) is 12.1. The van der Waals surface area contributed by atoms with Crippen molar-refractivity contribution in [3.8, 4) is 34.5 Å². The van der Waals surface area contributed by atoms with Crippen molar-refractivity contribution in [2.45, 2.75) is 39.1 Å². The average molecular weight is 700 g/mol. The molecule has 0 saturated carbocycles. The number of hydrogen-bond acceptors (Lipinski definition) is 12. The summed E-state index contributed by atoms with van der Waals surface area (Å²) in [5.41, 5.74) is 14.8. The summed E-state index contributed by atoms with van der Waals surface area (Å²) in [5, 5.41) is 5.96. The molecule has 0 spiro atoms. The second-order valence-electron chi connectivity index (χ2n) is 11.2. The van der Waals surface area contributed by atoms with Crippen LogP contribution in [-0.4, -0.2) is 36.3 Å². The Morgan fingerprint density at radius 3 is 0.938 bits per heavy atom. The summed E-state index contributed by atoms with van der Waals surface area (Å²) in [6.45, 7) is 1.06. The van der Waals surface area contributed by atoms with Gasteiger partial charge in [-0.05, 0) is 89.0 Å². The van der Waals surface area contributed by atoms with E-state index in [-0.39, 0.29) is 0 Å². The van der Waals surface area contributed by atoms with Gasteiger partial charge in [-0.15, -0.1) is 34.0 Å². The molecule has 0 atom stereocenters. The fourth-order valence-corrected chi connectivity index (χ4v) is 7.36. The van der Waals surface area contributed by atoms with E-state index in [2.05, 4.69) is 51.4 Å². The van der Waals surface area contributed by atoms with Crippen molar-refractivity contribution < 1.29 is 28.4 Å². The van der Waals surface area contributed by atoms with E-state index in [1.54, 1.807) is 71.9 Å². The fourth-order valence-electron chi connectivity index (χ4n) is 5.73. The molecule has 3 aromatic heterocycles. The third-order valence-corrected chi connectivity index (χ3v) is 10.1. The zero-order valence-electron chi connectivity index (χ0n) is 26.7. The summed E-state index contributed by atoms with van der Waals surface area (Å²) in [6, 6.07) is 12.5. The Hall–Kier alpha value is -4.65. The molecule has 48 heavy (non-hydrogen) atoms. The largest absolute Gasteiger partial charge is 0.493 e. The smallest absolute Gasteiger partial charge is 0.162 e. The highest BCUT2D eigenvalue weighted by molar-refractivity contribution is 7.08. The maximum absolute atomic E-state index is 6.28. The molecular weight excluding hydrogens is 667 g/mol. The molecule has 0 unspecified atom stereocenters. The third-order valence-electron chi connectivity index (χ3n) is 8.18. The molecule has 12 heteroatoms. The van der Waals surface area contributed by atoms with Crippen molar-refractivity contribution >= 4 is 34.0 Å². The Kier molecular flexibility index (Phi) is 9.73. The van der Waals surface area contributed by atoms with Gasteiger partial charge < -0.3 is 28.4 Å². The van der Waals surface area contributed by atoms with Gasteiger partial charge in [0.05, 0.1) is 54.9 Å². The molecule has 7 rings (SSSR count). The second-order valence-corrected chi connectivity index (χ2v) is 13.3. The third kappa shape index (κ3) is 7.10. The van der Waals surface area contributed by atoms with Gasteiger partial charge in [0.1, 0.15) is 19.8 Å². The molecule has 9 nitrogen and oxygen atoms in total. The molecule has 1 aliphatic rings.